The summed E-state index contributed by atoms with van der Waals surface area (Å²) in [7, 11) is 0. The van der Waals surface area contributed by atoms with E-state index in [1.807, 2.05) is 6.08 Å². The molecule has 0 aromatic rings. The Balaban J connectivity index is 2.56. The fourth-order valence-corrected chi connectivity index (χ4v) is 10.7. The fourth-order valence-electron chi connectivity index (χ4n) is 10.7. The van der Waals surface area contributed by atoms with Crippen molar-refractivity contribution in [3.05, 3.63) is 122 Å². The summed E-state index contributed by atoms with van der Waals surface area (Å²) in [5.41, 5.74) is 0. The first-order valence-electron chi connectivity index (χ1n) is 36.3. The Morgan fingerprint density at radius 1 is 0.449 bits per heavy atom. The Bertz CT molecular complexity index is 1920. The molecule has 8 unspecified atom stereocenters. The van der Waals surface area contributed by atoms with Crippen molar-refractivity contribution in [2.75, 3.05) is 13.2 Å². The van der Waals surface area contributed by atoms with Gasteiger partial charge in [0.25, 0.3) is 0 Å². The number of esters is 1. The number of rotatable bonds is 61. The molecule has 6 N–H and O–H groups in total. The maximum Gasteiger partial charge on any atom is 0.306 e. The van der Waals surface area contributed by atoms with Crippen LogP contribution in [0.2, 0.25) is 0 Å². The first-order valence-corrected chi connectivity index (χ1v) is 36.3. The second-order valence-corrected chi connectivity index (χ2v) is 24.6. The number of hydrogen-bond donors (Lipinski definition) is 6. The van der Waals surface area contributed by atoms with Crippen LogP contribution in [0.5, 0.6) is 0 Å². The third-order valence-corrected chi connectivity index (χ3v) is 16.3. The molecule has 11 nitrogen and oxygen atoms in total. The van der Waals surface area contributed by atoms with Crippen LogP contribution in [0.1, 0.15) is 297 Å². The molecule has 0 aromatic carbocycles. The number of amides is 1. The minimum absolute atomic E-state index is 0.104. The molecule has 1 amide bonds. The molecule has 0 saturated carbocycles. The zero-order chi connectivity index (χ0) is 64.6. The average molecular weight is 1240 g/mol. The van der Waals surface area contributed by atoms with Crippen LogP contribution in [0.15, 0.2) is 122 Å². The maximum absolute atomic E-state index is 13.5. The molecule has 0 radical (unpaired) electrons. The van der Waals surface area contributed by atoms with Crippen molar-refractivity contribution in [1.29, 1.82) is 0 Å². The third kappa shape index (κ3) is 51.3. The van der Waals surface area contributed by atoms with Gasteiger partial charge < -0.3 is 45.1 Å². The van der Waals surface area contributed by atoms with Crippen LogP contribution in [0, 0.1) is 0 Å². The molecular formula is C78H133NO10. The third-order valence-electron chi connectivity index (χ3n) is 16.3. The first-order chi connectivity index (χ1) is 43.7. The van der Waals surface area contributed by atoms with E-state index in [-0.39, 0.29) is 19.4 Å². The van der Waals surface area contributed by atoms with Crippen LogP contribution < -0.4 is 5.32 Å². The average Bonchev–Trinajstić information content (AvgIpc) is 1.97. The van der Waals surface area contributed by atoms with E-state index in [0.29, 0.717) is 12.8 Å². The number of carbonyl (C=O) groups is 2. The standard InChI is InChI=1S/C78H133NO10/c1-4-7-10-13-16-19-22-24-26-28-30-32-34-35-36-38-39-41-43-45-47-50-53-56-59-62-65-71(82)77(86)79-69(70(81)64-61-58-55-52-49-21-18-15-12-9-6-3)68-87-78-76(75(85)74(84)72(67-80)88-78)89-73(83)66-63-60-57-54-51-48-46-44-42-40-37-33-31-29-27-25-23-20-17-14-11-8-5-2/h8,11,16-17,19-20,24-27,30-33,35-36,40,42,61,64,69-72,74-76,78,80-82,84-85H,4-7,9-10,12-15,18,21-23,28-29,34,37-39,41,43-60,62-63,65-68H2,1-3H3,(H,79,86)/b11-8-,19-16-,20-17-,26-24-,27-25-,32-30-,33-31-,36-35-,42-40-,64-61+. The van der Waals surface area contributed by atoms with Gasteiger partial charge in [0.1, 0.15) is 24.4 Å². The maximum atomic E-state index is 13.5. The lowest BCUT2D eigenvalue weighted by molar-refractivity contribution is -0.305. The number of aliphatic hydroxyl groups is 5. The van der Waals surface area contributed by atoms with Gasteiger partial charge in [0.2, 0.25) is 5.91 Å². The molecule has 1 aliphatic rings. The van der Waals surface area contributed by atoms with Gasteiger partial charge in [0, 0.05) is 6.42 Å². The summed E-state index contributed by atoms with van der Waals surface area (Å²) in [6.07, 6.45) is 79.5. The number of aliphatic hydroxyl groups excluding tert-OH is 5. The largest absolute Gasteiger partial charge is 0.454 e. The molecule has 89 heavy (non-hydrogen) atoms. The van der Waals surface area contributed by atoms with Crippen LogP contribution in [0.3, 0.4) is 0 Å². The summed E-state index contributed by atoms with van der Waals surface area (Å²) in [5.74, 6) is -1.21. The molecule has 1 saturated heterocycles. The van der Waals surface area contributed by atoms with Crippen molar-refractivity contribution < 1.29 is 49.3 Å². The van der Waals surface area contributed by atoms with E-state index in [9.17, 15) is 35.1 Å². The molecule has 1 heterocycles. The van der Waals surface area contributed by atoms with Crippen molar-refractivity contribution in [3.63, 3.8) is 0 Å². The highest BCUT2D eigenvalue weighted by Gasteiger charge is 2.47. The zero-order valence-corrected chi connectivity index (χ0v) is 56.8. The molecule has 0 aliphatic carbocycles. The van der Waals surface area contributed by atoms with E-state index in [1.165, 1.54) is 103 Å². The van der Waals surface area contributed by atoms with Crippen molar-refractivity contribution in [2.45, 2.75) is 346 Å². The van der Waals surface area contributed by atoms with Crippen LogP contribution in [-0.4, -0.2) is 99.6 Å². The summed E-state index contributed by atoms with van der Waals surface area (Å²) in [4.78, 5) is 26.7. The molecule has 1 fully saturated rings. The van der Waals surface area contributed by atoms with Gasteiger partial charge in [-0.05, 0) is 116 Å². The lowest BCUT2D eigenvalue weighted by Crippen LogP contribution is -2.61. The Labute approximate surface area is 544 Å². The SMILES string of the molecule is CC/C=C\C/C=C\C/C=C\C/C=C\C/C=C\CCCCCCCCCC(=O)OC1C(OCC(NC(=O)C(O)CCCCCCCCCCCC/C=C\C/C=C\C/C=C\C/C=C\CCCCC)C(O)/C=C/CCCCCCCCCCC)OC(CO)C(O)C1O. The van der Waals surface area contributed by atoms with Crippen LogP contribution in [0.4, 0.5) is 0 Å². The van der Waals surface area contributed by atoms with Gasteiger partial charge >= 0.3 is 5.97 Å². The van der Waals surface area contributed by atoms with E-state index in [1.54, 1.807) is 6.08 Å². The van der Waals surface area contributed by atoms with E-state index in [4.69, 9.17) is 14.2 Å². The number of carbonyl (C=O) groups excluding carboxylic acids is 2. The van der Waals surface area contributed by atoms with Crippen molar-refractivity contribution in [3.8, 4) is 0 Å². The van der Waals surface area contributed by atoms with Gasteiger partial charge in [-0.1, -0.05) is 296 Å². The number of unbranched alkanes of at least 4 members (excludes halogenated alkanes) is 29. The highest BCUT2D eigenvalue weighted by Crippen LogP contribution is 2.26. The number of allylic oxidation sites excluding steroid dienone is 19. The lowest BCUT2D eigenvalue weighted by Gasteiger charge is -2.41. The van der Waals surface area contributed by atoms with Crippen molar-refractivity contribution in [1.82, 2.24) is 5.32 Å². The van der Waals surface area contributed by atoms with Crippen molar-refractivity contribution in [2.24, 2.45) is 0 Å². The summed E-state index contributed by atoms with van der Waals surface area (Å²) in [6, 6.07) is -1.04. The Morgan fingerprint density at radius 3 is 1.24 bits per heavy atom. The topological polar surface area (TPSA) is 175 Å². The van der Waals surface area contributed by atoms with Gasteiger partial charge in [0.15, 0.2) is 12.4 Å². The lowest BCUT2D eigenvalue weighted by atomic mass is 9.99. The molecule has 0 aromatic heterocycles. The smallest absolute Gasteiger partial charge is 0.306 e. The number of hydrogen-bond acceptors (Lipinski definition) is 10. The van der Waals surface area contributed by atoms with Gasteiger partial charge in [0.05, 0.1) is 25.4 Å². The molecule has 1 aliphatic heterocycles. The Kier molecular flexibility index (Phi) is 59.9. The quantitative estimate of drug-likeness (QED) is 0.0195. The minimum Gasteiger partial charge on any atom is -0.454 e. The number of nitrogens with one attached hydrogen (secondary N) is 1. The molecular weight excluding hydrogens is 1110 g/mol. The first kappa shape index (κ1) is 83.1. The number of ether oxygens (including phenoxy) is 3. The molecule has 510 valence electrons. The Morgan fingerprint density at radius 2 is 0.809 bits per heavy atom. The normalized spacial score (nSPS) is 18.9. The molecule has 0 spiro atoms. The summed E-state index contributed by atoms with van der Waals surface area (Å²) < 4.78 is 17.7. The monoisotopic (exact) mass is 1240 g/mol. The van der Waals surface area contributed by atoms with Crippen molar-refractivity contribution >= 4 is 11.9 Å². The highest BCUT2D eigenvalue weighted by molar-refractivity contribution is 5.80. The van der Waals surface area contributed by atoms with Crippen LogP contribution in [0.25, 0.3) is 0 Å². The summed E-state index contributed by atoms with van der Waals surface area (Å²) >= 11 is 0. The fraction of sp³-hybridized carbons (Fsp3) is 0.718. The van der Waals surface area contributed by atoms with Crippen LogP contribution >= 0.6 is 0 Å². The Hall–Kier alpha value is -3.94. The minimum atomic E-state index is -1.63. The van der Waals surface area contributed by atoms with E-state index in [2.05, 4.69) is 135 Å². The predicted octanol–water partition coefficient (Wildman–Crippen LogP) is 19.0. The van der Waals surface area contributed by atoms with Gasteiger partial charge in [-0.3, -0.25) is 9.59 Å². The highest BCUT2D eigenvalue weighted by atomic mass is 16.7. The second-order valence-electron chi connectivity index (χ2n) is 24.6. The van der Waals surface area contributed by atoms with E-state index >= 15 is 0 Å². The molecule has 11 heteroatoms. The zero-order valence-electron chi connectivity index (χ0n) is 56.8. The van der Waals surface area contributed by atoms with E-state index < -0.39 is 67.4 Å². The summed E-state index contributed by atoms with van der Waals surface area (Å²) in [6.45, 7) is 5.65. The van der Waals surface area contributed by atoms with E-state index in [0.717, 1.165) is 148 Å². The van der Waals surface area contributed by atoms with Gasteiger partial charge in [-0.25, -0.2) is 0 Å². The van der Waals surface area contributed by atoms with Gasteiger partial charge in [-0.15, -0.1) is 0 Å². The molecule has 1 rings (SSSR count). The molecule has 8 atom stereocenters. The predicted molar refractivity (Wildman–Crippen MR) is 374 cm³/mol. The second kappa shape index (κ2) is 64.2. The van der Waals surface area contributed by atoms with Gasteiger partial charge in [-0.2, -0.15) is 0 Å². The molecule has 0 bridgehead atoms. The van der Waals surface area contributed by atoms with Crippen LogP contribution in [-0.2, 0) is 23.8 Å². The summed E-state index contributed by atoms with van der Waals surface area (Å²) in [5, 5.41) is 57.3.